The van der Waals surface area contributed by atoms with E-state index in [0.29, 0.717) is 0 Å². The molecule has 0 aromatic rings. The quantitative estimate of drug-likeness (QED) is 0.534. The van der Waals surface area contributed by atoms with Crippen LogP contribution in [0, 0.1) is 17.8 Å². The van der Waals surface area contributed by atoms with Gasteiger partial charge in [0.15, 0.2) is 0 Å². The minimum Gasteiger partial charge on any atom is -0.314 e. The summed E-state index contributed by atoms with van der Waals surface area (Å²) >= 11 is 0. The van der Waals surface area contributed by atoms with Crippen molar-refractivity contribution in [1.29, 1.82) is 0 Å². The van der Waals surface area contributed by atoms with E-state index in [1.165, 1.54) is 64.2 Å². The van der Waals surface area contributed by atoms with E-state index in [1.807, 2.05) is 0 Å². The van der Waals surface area contributed by atoms with Gasteiger partial charge in [-0.2, -0.15) is 0 Å². The number of unbranched alkanes of at least 4 members (excludes halogenated alkanes) is 1. The summed E-state index contributed by atoms with van der Waals surface area (Å²) in [7, 11) is 0. The Morgan fingerprint density at radius 3 is 2.45 bits per heavy atom. The molecule has 0 saturated heterocycles. The van der Waals surface area contributed by atoms with Crippen molar-refractivity contribution in [1.82, 2.24) is 5.32 Å². The van der Waals surface area contributed by atoms with E-state index < -0.39 is 0 Å². The number of rotatable bonds is 10. The molecule has 4 atom stereocenters. The predicted molar refractivity (Wildman–Crippen MR) is 91.1 cm³/mol. The van der Waals surface area contributed by atoms with Crippen LogP contribution in [0.25, 0.3) is 0 Å². The highest BCUT2D eigenvalue weighted by Gasteiger charge is 2.30. The highest BCUT2D eigenvalue weighted by molar-refractivity contribution is 4.85. The third-order valence-electron chi connectivity index (χ3n) is 5.43. The van der Waals surface area contributed by atoms with Gasteiger partial charge in [0.05, 0.1) is 0 Å². The molecule has 0 heterocycles. The first kappa shape index (κ1) is 18.0. The Bertz CT molecular complexity index is 226. The molecular formula is C19H39N. The van der Waals surface area contributed by atoms with E-state index in [-0.39, 0.29) is 0 Å². The third-order valence-corrected chi connectivity index (χ3v) is 5.43. The number of nitrogens with one attached hydrogen (secondary N) is 1. The van der Waals surface area contributed by atoms with E-state index in [1.54, 1.807) is 0 Å². The first-order chi connectivity index (χ1) is 9.74. The monoisotopic (exact) mass is 281 g/mol. The predicted octanol–water partition coefficient (Wildman–Crippen LogP) is 5.79. The second kappa shape index (κ2) is 10.7. The summed E-state index contributed by atoms with van der Waals surface area (Å²) in [6, 6.07) is 0.809. The van der Waals surface area contributed by atoms with E-state index in [4.69, 9.17) is 0 Å². The molecule has 1 heteroatoms. The van der Waals surface area contributed by atoms with Crippen LogP contribution in [0.5, 0.6) is 0 Å². The second-order valence-electron chi connectivity index (χ2n) is 7.04. The molecule has 1 N–H and O–H groups in total. The average molecular weight is 282 g/mol. The fraction of sp³-hybridized carbons (Fsp3) is 1.00. The van der Waals surface area contributed by atoms with Gasteiger partial charge in [0.1, 0.15) is 0 Å². The van der Waals surface area contributed by atoms with Crippen LogP contribution in [0.15, 0.2) is 0 Å². The standard InChI is InChI=1S/C19H39N/c1-5-9-11-16(7-3)14-18-15-17(10-6-2)12-13-19(18)20-8-4/h16-20H,5-15H2,1-4H3. The molecule has 1 saturated carbocycles. The summed E-state index contributed by atoms with van der Waals surface area (Å²) in [4.78, 5) is 0. The van der Waals surface area contributed by atoms with E-state index in [0.717, 1.165) is 30.3 Å². The summed E-state index contributed by atoms with van der Waals surface area (Å²) in [5.74, 6) is 2.94. The molecule has 1 aliphatic rings. The molecule has 1 nitrogen and oxygen atoms in total. The topological polar surface area (TPSA) is 12.0 Å². The first-order valence-corrected chi connectivity index (χ1v) is 9.48. The second-order valence-corrected chi connectivity index (χ2v) is 7.04. The van der Waals surface area contributed by atoms with Crippen LogP contribution < -0.4 is 5.32 Å². The molecule has 0 aromatic heterocycles. The van der Waals surface area contributed by atoms with Gasteiger partial charge in [-0.05, 0) is 50.0 Å². The molecule has 0 radical (unpaired) electrons. The summed E-state index contributed by atoms with van der Waals surface area (Å²) < 4.78 is 0. The van der Waals surface area contributed by atoms with E-state index in [9.17, 15) is 0 Å². The number of hydrogen-bond acceptors (Lipinski definition) is 1. The molecule has 120 valence electrons. The van der Waals surface area contributed by atoms with E-state index >= 15 is 0 Å². The van der Waals surface area contributed by atoms with Gasteiger partial charge in [-0.15, -0.1) is 0 Å². The molecule has 0 aliphatic heterocycles. The van der Waals surface area contributed by atoms with Gasteiger partial charge in [0, 0.05) is 6.04 Å². The normalized spacial score (nSPS) is 28.5. The van der Waals surface area contributed by atoms with Gasteiger partial charge < -0.3 is 5.32 Å². The number of hydrogen-bond donors (Lipinski definition) is 1. The van der Waals surface area contributed by atoms with Crippen LogP contribution >= 0.6 is 0 Å². The lowest BCUT2D eigenvalue weighted by atomic mass is 9.72. The average Bonchev–Trinajstić information content (AvgIpc) is 2.46. The largest absolute Gasteiger partial charge is 0.314 e. The fourth-order valence-corrected chi connectivity index (χ4v) is 4.23. The molecule has 20 heavy (non-hydrogen) atoms. The Labute approximate surface area is 128 Å². The lowest BCUT2D eigenvalue weighted by Crippen LogP contribution is -2.41. The van der Waals surface area contributed by atoms with Gasteiger partial charge >= 0.3 is 0 Å². The van der Waals surface area contributed by atoms with Gasteiger partial charge in [0.25, 0.3) is 0 Å². The SMILES string of the molecule is CCCCC(CC)CC1CC(CCC)CCC1NCC. The fourth-order valence-electron chi connectivity index (χ4n) is 4.23. The molecule has 4 unspecified atom stereocenters. The van der Waals surface area contributed by atoms with E-state index in [2.05, 4.69) is 33.0 Å². The third kappa shape index (κ3) is 6.16. The highest BCUT2D eigenvalue weighted by atomic mass is 14.9. The van der Waals surface area contributed by atoms with Crippen LogP contribution in [-0.4, -0.2) is 12.6 Å². The van der Waals surface area contributed by atoms with Crippen molar-refractivity contribution in [3.63, 3.8) is 0 Å². The zero-order valence-corrected chi connectivity index (χ0v) is 14.6. The molecule has 0 bridgehead atoms. The Hall–Kier alpha value is -0.0400. The lowest BCUT2D eigenvalue weighted by Gasteiger charge is -2.38. The van der Waals surface area contributed by atoms with Crippen molar-refractivity contribution >= 4 is 0 Å². The zero-order valence-electron chi connectivity index (χ0n) is 14.6. The molecule has 1 fully saturated rings. The molecular weight excluding hydrogens is 242 g/mol. The summed E-state index contributed by atoms with van der Waals surface area (Å²) in [5, 5.41) is 3.78. The summed E-state index contributed by atoms with van der Waals surface area (Å²) in [6.07, 6.45) is 14.3. The van der Waals surface area contributed by atoms with Crippen molar-refractivity contribution in [2.24, 2.45) is 17.8 Å². The van der Waals surface area contributed by atoms with Crippen LogP contribution in [0.4, 0.5) is 0 Å². The zero-order chi connectivity index (χ0) is 14.8. The smallest absolute Gasteiger partial charge is 0.00955 e. The van der Waals surface area contributed by atoms with Gasteiger partial charge in [0.2, 0.25) is 0 Å². The Balaban J connectivity index is 2.53. The Morgan fingerprint density at radius 1 is 1.05 bits per heavy atom. The van der Waals surface area contributed by atoms with Crippen molar-refractivity contribution in [3.05, 3.63) is 0 Å². The molecule has 1 rings (SSSR count). The Morgan fingerprint density at radius 2 is 1.85 bits per heavy atom. The Kier molecular flexibility index (Phi) is 9.59. The highest BCUT2D eigenvalue weighted by Crippen LogP contribution is 2.37. The molecule has 0 amide bonds. The van der Waals surface area contributed by atoms with Crippen LogP contribution in [0.2, 0.25) is 0 Å². The van der Waals surface area contributed by atoms with Crippen LogP contribution in [0.3, 0.4) is 0 Å². The van der Waals surface area contributed by atoms with Gasteiger partial charge in [-0.3, -0.25) is 0 Å². The van der Waals surface area contributed by atoms with Crippen LogP contribution in [0.1, 0.15) is 91.9 Å². The van der Waals surface area contributed by atoms with Crippen molar-refractivity contribution in [2.45, 2.75) is 97.9 Å². The summed E-state index contributed by atoms with van der Waals surface area (Å²) in [6.45, 7) is 10.5. The van der Waals surface area contributed by atoms with Gasteiger partial charge in [-0.25, -0.2) is 0 Å². The van der Waals surface area contributed by atoms with Crippen molar-refractivity contribution < 1.29 is 0 Å². The van der Waals surface area contributed by atoms with Gasteiger partial charge in [-0.1, -0.05) is 66.2 Å². The van der Waals surface area contributed by atoms with Crippen molar-refractivity contribution in [2.75, 3.05) is 6.54 Å². The maximum Gasteiger partial charge on any atom is 0.00955 e. The minimum absolute atomic E-state index is 0.809. The molecule has 0 aromatic carbocycles. The van der Waals surface area contributed by atoms with Crippen LogP contribution in [-0.2, 0) is 0 Å². The molecule has 0 spiro atoms. The van der Waals surface area contributed by atoms with Crippen molar-refractivity contribution in [3.8, 4) is 0 Å². The molecule has 1 aliphatic carbocycles. The lowest BCUT2D eigenvalue weighted by molar-refractivity contribution is 0.163. The maximum absolute atomic E-state index is 3.78. The first-order valence-electron chi connectivity index (χ1n) is 9.48. The summed E-state index contributed by atoms with van der Waals surface area (Å²) in [5.41, 5.74) is 0. The minimum atomic E-state index is 0.809. The maximum atomic E-state index is 3.78.